The largest absolute Gasteiger partial charge is 0.496 e. The molecule has 8 heteroatoms. The minimum absolute atomic E-state index is 0.416. The standard InChI is InChI=1S/C18H21F3N4O/c1-26-16-5-3-2-4-15(16)17-22-10-14(11-23-17)12-24-6-8-25(9-7-24)13-18(19,20)21/h2-5,10-11H,6-9,12-13H2,1H3. The normalized spacial score (nSPS) is 16.6. The zero-order chi connectivity index (χ0) is 18.6. The van der Waals surface area contributed by atoms with E-state index >= 15 is 0 Å². The highest BCUT2D eigenvalue weighted by Gasteiger charge is 2.32. The van der Waals surface area contributed by atoms with Crippen molar-refractivity contribution in [1.29, 1.82) is 0 Å². The van der Waals surface area contributed by atoms with Gasteiger partial charge >= 0.3 is 6.18 Å². The fraction of sp³-hybridized carbons (Fsp3) is 0.444. The van der Waals surface area contributed by atoms with Crippen LogP contribution in [-0.2, 0) is 6.54 Å². The van der Waals surface area contributed by atoms with E-state index < -0.39 is 12.7 Å². The molecule has 0 spiro atoms. The van der Waals surface area contributed by atoms with Crippen molar-refractivity contribution in [1.82, 2.24) is 19.8 Å². The number of halogens is 3. The Bertz CT molecular complexity index is 713. The van der Waals surface area contributed by atoms with Crippen LogP contribution in [0, 0.1) is 0 Å². The lowest BCUT2D eigenvalue weighted by Crippen LogP contribution is -2.48. The fourth-order valence-corrected chi connectivity index (χ4v) is 3.02. The molecule has 26 heavy (non-hydrogen) atoms. The number of para-hydroxylation sites is 1. The van der Waals surface area contributed by atoms with E-state index in [2.05, 4.69) is 14.9 Å². The fourth-order valence-electron chi connectivity index (χ4n) is 3.02. The number of ether oxygens (including phenoxy) is 1. The van der Waals surface area contributed by atoms with Gasteiger partial charge in [0.15, 0.2) is 5.82 Å². The van der Waals surface area contributed by atoms with Crippen LogP contribution in [0.5, 0.6) is 5.75 Å². The molecule has 0 amide bonds. The van der Waals surface area contributed by atoms with Crippen molar-refractivity contribution in [2.75, 3.05) is 39.8 Å². The molecule has 1 aromatic carbocycles. The van der Waals surface area contributed by atoms with Crippen LogP contribution in [0.3, 0.4) is 0 Å². The van der Waals surface area contributed by atoms with Crippen molar-refractivity contribution in [3.05, 3.63) is 42.2 Å². The molecule has 5 nitrogen and oxygen atoms in total. The highest BCUT2D eigenvalue weighted by atomic mass is 19.4. The minimum atomic E-state index is -4.13. The Morgan fingerprint density at radius 3 is 2.23 bits per heavy atom. The van der Waals surface area contributed by atoms with Gasteiger partial charge in [0.2, 0.25) is 0 Å². The number of benzene rings is 1. The molecule has 1 saturated heterocycles. The van der Waals surface area contributed by atoms with Gasteiger partial charge in [-0.05, 0) is 12.1 Å². The molecule has 0 saturated carbocycles. The van der Waals surface area contributed by atoms with Gasteiger partial charge in [0, 0.05) is 50.7 Å². The number of hydrogen-bond acceptors (Lipinski definition) is 5. The van der Waals surface area contributed by atoms with E-state index in [1.165, 1.54) is 4.90 Å². The predicted molar refractivity (Wildman–Crippen MR) is 91.8 cm³/mol. The predicted octanol–water partition coefficient (Wildman–Crippen LogP) is 2.83. The Morgan fingerprint density at radius 1 is 1.00 bits per heavy atom. The van der Waals surface area contributed by atoms with E-state index in [4.69, 9.17) is 4.74 Å². The molecule has 1 aliphatic heterocycles. The molecule has 0 atom stereocenters. The zero-order valence-corrected chi connectivity index (χ0v) is 14.5. The Morgan fingerprint density at radius 2 is 1.62 bits per heavy atom. The Labute approximate surface area is 150 Å². The first-order valence-electron chi connectivity index (χ1n) is 8.40. The molecule has 0 unspecified atom stereocenters. The topological polar surface area (TPSA) is 41.5 Å². The van der Waals surface area contributed by atoms with Crippen molar-refractivity contribution >= 4 is 0 Å². The third kappa shape index (κ3) is 4.92. The van der Waals surface area contributed by atoms with Crippen molar-refractivity contribution < 1.29 is 17.9 Å². The summed E-state index contributed by atoms with van der Waals surface area (Å²) in [6.07, 6.45) is -0.613. The second-order valence-corrected chi connectivity index (χ2v) is 6.28. The zero-order valence-electron chi connectivity index (χ0n) is 14.5. The molecule has 0 N–H and O–H groups in total. The lowest BCUT2D eigenvalue weighted by atomic mass is 10.2. The second kappa shape index (κ2) is 8.01. The van der Waals surface area contributed by atoms with Gasteiger partial charge in [-0.1, -0.05) is 12.1 Å². The van der Waals surface area contributed by atoms with E-state index in [1.54, 1.807) is 19.5 Å². The van der Waals surface area contributed by atoms with Gasteiger partial charge in [-0.2, -0.15) is 13.2 Å². The number of rotatable bonds is 5. The summed E-state index contributed by atoms with van der Waals surface area (Å²) in [5, 5.41) is 0. The van der Waals surface area contributed by atoms with Crippen LogP contribution >= 0.6 is 0 Å². The van der Waals surface area contributed by atoms with E-state index in [-0.39, 0.29) is 0 Å². The summed E-state index contributed by atoms with van der Waals surface area (Å²) >= 11 is 0. The lowest BCUT2D eigenvalue weighted by molar-refractivity contribution is -0.149. The highest BCUT2D eigenvalue weighted by Crippen LogP contribution is 2.26. The molecule has 1 fully saturated rings. The van der Waals surface area contributed by atoms with E-state index in [0.717, 1.165) is 11.1 Å². The molecule has 2 heterocycles. The third-order valence-electron chi connectivity index (χ3n) is 4.33. The number of piperazine rings is 1. The van der Waals surface area contributed by atoms with Gasteiger partial charge in [0.1, 0.15) is 5.75 Å². The molecule has 2 aromatic rings. The summed E-state index contributed by atoms with van der Waals surface area (Å²) in [7, 11) is 1.60. The average Bonchev–Trinajstić information content (AvgIpc) is 2.63. The maximum absolute atomic E-state index is 12.4. The van der Waals surface area contributed by atoms with Gasteiger partial charge in [0.05, 0.1) is 19.2 Å². The van der Waals surface area contributed by atoms with E-state index in [9.17, 15) is 13.2 Å². The first kappa shape index (κ1) is 18.6. The van der Waals surface area contributed by atoms with Gasteiger partial charge in [-0.15, -0.1) is 0 Å². The smallest absolute Gasteiger partial charge is 0.401 e. The molecule has 3 rings (SSSR count). The van der Waals surface area contributed by atoms with Crippen LogP contribution in [0.25, 0.3) is 11.4 Å². The van der Waals surface area contributed by atoms with Gasteiger partial charge in [-0.25, -0.2) is 9.97 Å². The monoisotopic (exact) mass is 366 g/mol. The third-order valence-corrected chi connectivity index (χ3v) is 4.33. The highest BCUT2D eigenvalue weighted by molar-refractivity contribution is 5.63. The minimum Gasteiger partial charge on any atom is -0.496 e. The summed E-state index contributed by atoms with van der Waals surface area (Å²) in [5.41, 5.74) is 1.76. The lowest BCUT2D eigenvalue weighted by Gasteiger charge is -2.34. The number of hydrogen-bond donors (Lipinski definition) is 0. The van der Waals surface area contributed by atoms with E-state index in [1.807, 2.05) is 24.3 Å². The summed E-state index contributed by atoms with van der Waals surface area (Å²) in [6.45, 7) is 1.83. The molecule has 1 aromatic heterocycles. The maximum atomic E-state index is 12.4. The SMILES string of the molecule is COc1ccccc1-c1ncc(CN2CCN(CC(F)(F)F)CC2)cn1. The summed E-state index contributed by atoms with van der Waals surface area (Å²) in [5.74, 6) is 1.29. The quantitative estimate of drug-likeness (QED) is 0.814. The molecular weight excluding hydrogens is 345 g/mol. The Hall–Kier alpha value is -2.19. The first-order valence-corrected chi connectivity index (χ1v) is 8.40. The molecular formula is C18H21F3N4O. The Kier molecular flexibility index (Phi) is 5.73. The Balaban J connectivity index is 1.57. The number of alkyl halides is 3. The van der Waals surface area contributed by atoms with Crippen LogP contribution in [0.2, 0.25) is 0 Å². The number of aromatic nitrogens is 2. The van der Waals surface area contributed by atoms with Crippen molar-refractivity contribution in [3.63, 3.8) is 0 Å². The van der Waals surface area contributed by atoms with Crippen LogP contribution in [0.4, 0.5) is 13.2 Å². The summed E-state index contributed by atoms with van der Waals surface area (Å²) in [4.78, 5) is 12.4. The average molecular weight is 366 g/mol. The van der Waals surface area contributed by atoms with Crippen molar-refractivity contribution in [2.45, 2.75) is 12.7 Å². The van der Waals surface area contributed by atoms with Crippen LogP contribution in [-0.4, -0.2) is 65.8 Å². The molecule has 0 aliphatic carbocycles. The molecule has 140 valence electrons. The van der Waals surface area contributed by atoms with Gasteiger partial charge in [0.25, 0.3) is 0 Å². The number of nitrogens with zero attached hydrogens (tertiary/aromatic N) is 4. The summed E-state index contributed by atoms with van der Waals surface area (Å²) in [6, 6.07) is 7.53. The van der Waals surface area contributed by atoms with E-state index in [0.29, 0.717) is 44.3 Å². The van der Waals surface area contributed by atoms with Gasteiger partial charge in [-0.3, -0.25) is 9.80 Å². The van der Waals surface area contributed by atoms with Crippen LogP contribution in [0.15, 0.2) is 36.7 Å². The maximum Gasteiger partial charge on any atom is 0.401 e. The van der Waals surface area contributed by atoms with Crippen LogP contribution in [0.1, 0.15) is 5.56 Å². The molecule has 1 aliphatic rings. The first-order chi connectivity index (χ1) is 12.4. The van der Waals surface area contributed by atoms with Gasteiger partial charge < -0.3 is 4.74 Å². The number of methoxy groups -OCH3 is 1. The van der Waals surface area contributed by atoms with Crippen molar-refractivity contribution in [3.8, 4) is 17.1 Å². The second-order valence-electron chi connectivity index (χ2n) is 6.28. The molecule has 0 radical (unpaired) electrons. The molecule has 0 bridgehead atoms. The van der Waals surface area contributed by atoms with Crippen molar-refractivity contribution in [2.24, 2.45) is 0 Å². The van der Waals surface area contributed by atoms with Crippen LogP contribution < -0.4 is 4.74 Å². The summed E-state index contributed by atoms with van der Waals surface area (Å²) < 4.78 is 42.6.